The van der Waals surface area contributed by atoms with Crippen LogP contribution in [-0.2, 0) is 9.59 Å². The Morgan fingerprint density at radius 1 is 1.21 bits per heavy atom. The molecule has 0 saturated heterocycles. The van der Waals surface area contributed by atoms with Crippen molar-refractivity contribution in [1.82, 2.24) is 4.98 Å². The molecule has 3 aromatic rings. The summed E-state index contributed by atoms with van der Waals surface area (Å²) in [6.45, 7) is 0. The number of carbonyl (C=O) groups excluding carboxylic acids is 2. The van der Waals surface area contributed by atoms with Crippen LogP contribution in [0, 0.1) is 0 Å². The smallest absolute Gasteiger partial charge is 0.262 e. The molecule has 0 spiro atoms. The monoisotopic (exact) mass is 427 g/mol. The van der Waals surface area contributed by atoms with E-state index in [1.165, 1.54) is 0 Å². The number of amidine groups is 1. The molecule has 29 heavy (non-hydrogen) atoms. The number of nitrogens with one attached hydrogen (secondary N) is 2. The first-order valence-corrected chi connectivity index (χ1v) is 9.81. The third-order valence-corrected chi connectivity index (χ3v) is 5.41. The first-order valence-electron chi connectivity index (χ1n) is 8.55. The van der Waals surface area contributed by atoms with Crippen LogP contribution in [0.2, 0.25) is 5.02 Å². The quantitative estimate of drug-likeness (QED) is 0.525. The van der Waals surface area contributed by atoms with Gasteiger partial charge < -0.3 is 15.4 Å². The average Bonchev–Trinajstić information content (AvgIpc) is 3.20. The van der Waals surface area contributed by atoms with Gasteiger partial charge in [0.1, 0.15) is 5.25 Å². The van der Waals surface area contributed by atoms with Gasteiger partial charge in [0.2, 0.25) is 17.0 Å². The Balaban J connectivity index is 1.40. The predicted octanol–water partition coefficient (Wildman–Crippen LogP) is 4.64. The number of aromatic nitrogens is 1. The zero-order valence-electron chi connectivity index (χ0n) is 14.8. The molecule has 146 valence electrons. The molecule has 10 heteroatoms. The molecule has 1 aliphatic heterocycles. The van der Waals surface area contributed by atoms with Crippen molar-refractivity contribution in [1.29, 1.82) is 0 Å². The Bertz CT molecular complexity index is 1160. The van der Waals surface area contributed by atoms with Crippen molar-refractivity contribution in [3.63, 3.8) is 0 Å². The second kappa shape index (κ2) is 8.06. The van der Waals surface area contributed by atoms with E-state index in [2.05, 4.69) is 25.5 Å². The third-order valence-electron chi connectivity index (χ3n) is 4.12. The number of hydrogen-bond acceptors (Lipinski definition) is 6. The van der Waals surface area contributed by atoms with Crippen LogP contribution in [-0.4, -0.2) is 32.3 Å². The third kappa shape index (κ3) is 4.30. The number of benzene rings is 2. The molecule has 4 rings (SSSR count). The lowest BCUT2D eigenvalue weighted by Gasteiger charge is -2.07. The summed E-state index contributed by atoms with van der Waals surface area (Å²) < 4.78 is 0. The summed E-state index contributed by atoms with van der Waals surface area (Å²) in [5, 5.41) is 21.4. The fourth-order valence-electron chi connectivity index (χ4n) is 2.77. The number of fused-ring (bicyclic) bond motifs is 1. The predicted molar refractivity (Wildman–Crippen MR) is 113 cm³/mol. The molecular weight excluding hydrogens is 414 g/mol. The minimum Gasteiger partial charge on any atom is -0.493 e. The van der Waals surface area contributed by atoms with Gasteiger partial charge in [-0.15, -0.1) is 10.2 Å². The summed E-state index contributed by atoms with van der Waals surface area (Å²) in [6.07, 6.45) is -0.0486. The number of thioether (sulfide) groups is 1. The van der Waals surface area contributed by atoms with Crippen molar-refractivity contribution in [2.24, 2.45) is 15.2 Å². The normalized spacial score (nSPS) is 16.5. The number of amides is 2. The van der Waals surface area contributed by atoms with E-state index in [9.17, 15) is 14.7 Å². The van der Waals surface area contributed by atoms with E-state index in [1.807, 2.05) is 12.1 Å². The van der Waals surface area contributed by atoms with Crippen molar-refractivity contribution in [2.45, 2.75) is 11.7 Å². The fraction of sp³-hybridized carbons (Fsp3) is 0.105. The van der Waals surface area contributed by atoms with Gasteiger partial charge in [-0.25, -0.2) is 0 Å². The Morgan fingerprint density at radius 3 is 2.76 bits per heavy atom. The highest BCUT2D eigenvalue weighted by Crippen LogP contribution is 2.36. The molecule has 2 aromatic carbocycles. The second-order valence-corrected chi connectivity index (χ2v) is 7.77. The van der Waals surface area contributed by atoms with E-state index in [0.29, 0.717) is 21.6 Å². The Labute approximate surface area is 174 Å². The number of halogens is 1. The van der Waals surface area contributed by atoms with Gasteiger partial charge in [0, 0.05) is 22.5 Å². The fourth-order valence-corrected chi connectivity index (χ4v) is 3.77. The lowest BCUT2D eigenvalue weighted by molar-refractivity contribution is -0.121. The van der Waals surface area contributed by atoms with Crippen LogP contribution in [0.4, 0.5) is 11.4 Å². The van der Waals surface area contributed by atoms with Crippen LogP contribution in [0.15, 0.2) is 63.8 Å². The molecule has 0 saturated carbocycles. The first-order chi connectivity index (χ1) is 14.0. The van der Waals surface area contributed by atoms with Crippen molar-refractivity contribution in [2.75, 3.05) is 5.32 Å². The lowest BCUT2D eigenvalue weighted by Crippen LogP contribution is -2.21. The largest absolute Gasteiger partial charge is 0.493 e. The van der Waals surface area contributed by atoms with Crippen LogP contribution in [0.1, 0.15) is 6.42 Å². The zero-order chi connectivity index (χ0) is 20.4. The summed E-state index contributed by atoms with van der Waals surface area (Å²) in [7, 11) is 0. The maximum absolute atomic E-state index is 12.2. The highest BCUT2D eigenvalue weighted by atomic mass is 35.5. The van der Waals surface area contributed by atoms with Gasteiger partial charge >= 0.3 is 0 Å². The number of rotatable bonds is 4. The number of hydrogen-bond donors (Lipinski definition) is 3. The number of anilines is 1. The topological polar surface area (TPSA) is 119 Å². The summed E-state index contributed by atoms with van der Waals surface area (Å²) in [4.78, 5) is 30.9. The zero-order valence-corrected chi connectivity index (χ0v) is 16.4. The standard InChI is InChI=1S/C19H14ClN5O3S/c20-10-5-7-11(8-6-10)21-15(26)9-14-17(27)23-19(29-14)25-24-16-12-3-1-2-4-13(12)22-18(16)28/h1-8,14,22,28H,9H2,(H,21,26). The Morgan fingerprint density at radius 2 is 1.97 bits per heavy atom. The number of H-pyrrole nitrogens is 1. The number of aliphatic imine (C=N–C) groups is 1. The summed E-state index contributed by atoms with van der Waals surface area (Å²) in [6, 6.07) is 13.9. The number of nitrogens with zero attached hydrogens (tertiary/aromatic N) is 3. The highest BCUT2D eigenvalue weighted by Gasteiger charge is 2.31. The van der Waals surface area contributed by atoms with Crippen LogP contribution >= 0.6 is 23.4 Å². The van der Waals surface area contributed by atoms with Crippen LogP contribution < -0.4 is 5.32 Å². The molecular formula is C19H14ClN5O3S. The van der Waals surface area contributed by atoms with E-state index in [0.717, 1.165) is 11.8 Å². The molecule has 0 radical (unpaired) electrons. The summed E-state index contributed by atoms with van der Waals surface area (Å²) in [5.74, 6) is -0.886. The van der Waals surface area contributed by atoms with Crippen molar-refractivity contribution in [3.05, 3.63) is 53.6 Å². The first kappa shape index (κ1) is 19.2. The summed E-state index contributed by atoms with van der Waals surface area (Å²) in [5.41, 5.74) is 1.57. The molecule has 3 N–H and O–H groups in total. The molecule has 1 unspecified atom stereocenters. The maximum Gasteiger partial charge on any atom is 0.262 e. The van der Waals surface area contributed by atoms with Crippen molar-refractivity contribution in [3.8, 4) is 5.88 Å². The molecule has 1 aromatic heterocycles. The van der Waals surface area contributed by atoms with Crippen LogP contribution in [0.25, 0.3) is 10.9 Å². The van der Waals surface area contributed by atoms with E-state index in [-0.39, 0.29) is 29.1 Å². The Kier molecular flexibility index (Phi) is 5.32. The SMILES string of the molecule is O=C(CC1SC(N=Nc2c(O)[nH]c3ccccc23)=NC1=O)Nc1ccc(Cl)cc1. The molecule has 1 aliphatic rings. The summed E-state index contributed by atoms with van der Waals surface area (Å²) >= 11 is 6.88. The minimum absolute atomic E-state index is 0.0486. The number of carbonyl (C=O) groups is 2. The van der Waals surface area contributed by atoms with E-state index in [1.54, 1.807) is 36.4 Å². The molecule has 0 aliphatic carbocycles. The average molecular weight is 428 g/mol. The number of para-hydroxylation sites is 1. The lowest BCUT2D eigenvalue weighted by atomic mass is 10.2. The molecule has 0 bridgehead atoms. The minimum atomic E-state index is -0.673. The highest BCUT2D eigenvalue weighted by molar-refractivity contribution is 8.15. The van der Waals surface area contributed by atoms with Gasteiger partial charge in [0.05, 0.1) is 5.52 Å². The Hall–Kier alpha value is -3.17. The number of aromatic hydroxyl groups is 1. The molecule has 2 amide bonds. The van der Waals surface area contributed by atoms with Gasteiger partial charge in [-0.05, 0) is 30.3 Å². The van der Waals surface area contributed by atoms with Crippen molar-refractivity contribution >= 4 is 62.6 Å². The van der Waals surface area contributed by atoms with Gasteiger partial charge in [-0.2, -0.15) is 4.99 Å². The van der Waals surface area contributed by atoms with Gasteiger partial charge in [0.15, 0.2) is 5.69 Å². The molecule has 1 atom stereocenters. The van der Waals surface area contributed by atoms with Crippen LogP contribution in [0.5, 0.6) is 5.88 Å². The second-order valence-electron chi connectivity index (χ2n) is 6.17. The van der Waals surface area contributed by atoms with Gasteiger partial charge in [-0.1, -0.05) is 41.6 Å². The van der Waals surface area contributed by atoms with E-state index >= 15 is 0 Å². The van der Waals surface area contributed by atoms with E-state index in [4.69, 9.17) is 11.6 Å². The maximum atomic E-state index is 12.2. The van der Waals surface area contributed by atoms with Gasteiger partial charge in [-0.3, -0.25) is 9.59 Å². The molecule has 2 heterocycles. The van der Waals surface area contributed by atoms with Crippen LogP contribution in [0.3, 0.4) is 0 Å². The van der Waals surface area contributed by atoms with Gasteiger partial charge in [0.25, 0.3) is 5.91 Å². The number of azo groups is 1. The number of aromatic amines is 1. The van der Waals surface area contributed by atoms with E-state index < -0.39 is 11.2 Å². The molecule has 8 nitrogen and oxygen atoms in total. The van der Waals surface area contributed by atoms with Crippen molar-refractivity contribution < 1.29 is 14.7 Å². The molecule has 0 fully saturated rings.